The minimum atomic E-state index is 0.726. The summed E-state index contributed by atoms with van der Waals surface area (Å²) >= 11 is 5.76. The van der Waals surface area contributed by atoms with Gasteiger partial charge in [0.1, 0.15) is 11.5 Å². The fourth-order valence-corrected chi connectivity index (χ4v) is 2.02. The van der Waals surface area contributed by atoms with E-state index in [0.717, 1.165) is 21.5 Å². The fourth-order valence-electron chi connectivity index (χ4n) is 0.966. The normalized spacial score (nSPS) is 9.77. The Hall–Kier alpha value is -0.480. The zero-order chi connectivity index (χ0) is 9.68. The third-order valence-corrected chi connectivity index (χ3v) is 2.74. The van der Waals surface area contributed by atoms with E-state index in [1.54, 1.807) is 26.0 Å². The van der Waals surface area contributed by atoms with Crippen LogP contribution in [0.3, 0.4) is 0 Å². The first-order valence-electron chi connectivity index (χ1n) is 3.77. The lowest BCUT2D eigenvalue weighted by molar-refractivity contribution is 0.394. The maximum Gasteiger partial charge on any atom is 0.132 e. The van der Waals surface area contributed by atoms with Gasteiger partial charge in [0, 0.05) is 5.08 Å². The van der Waals surface area contributed by atoms with Crippen molar-refractivity contribution in [2.45, 2.75) is 4.90 Å². The van der Waals surface area contributed by atoms with Gasteiger partial charge in [-0.05, 0) is 18.2 Å². The van der Waals surface area contributed by atoms with Crippen LogP contribution in [0.25, 0.3) is 0 Å². The van der Waals surface area contributed by atoms with Gasteiger partial charge < -0.3 is 9.47 Å². The molecular weight excluding hydrogens is 204 g/mol. The summed E-state index contributed by atoms with van der Waals surface area (Å²) in [5, 5.41) is 0.726. The molecule has 0 unspecified atom stereocenters. The summed E-state index contributed by atoms with van der Waals surface area (Å²) in [5.41, 5.74) is 0. The highest BCUT2D eigenvalue weighted by atomic mass is 32.2. The molecule has 72 valence electrons. The zero-order valence-corrected chi connectivity index (χ0v) is 9.32. The van der Waals surface area contributed by atoms with Gasteiger partial charge >= 0.3 is 0 Å². The average molecular weight is 216 g/mol. The Kier molecular flexibility index (Phi) is 4.32. The van der Waals surface area contributed by atoms with Crippen LogP contribution >= 0.6 is 24.4 Å². The molecular formula is C9H12O2S2. The molecule has 0 spiro atoms. The minimum absolute atomic E-state index is 0.726. The van der Waals surface area contributed by atoms with Crippen LogP contribution in [0.5, 0.6) is 11.5 Å². The van der Waals surface area contributed by atoms with Gasteiger partial charge in [0.15, 0.2) is 0 Å². The first kappa shape index (κ1) is 10.6. The topological polar surface area (TPSA) is 18.5 Å². The summed E-state index contributed by atoms with van der Waals surface area (Å²) in [5.74, 6) is 1.70. The molecule has 1 rings (SSSR count). The Labute approximate surface area is 88.0 Å². The van der Waals surface area contributed by atoms with Crippen molar-refractivity contribution < 1.29 is 9.47 Å². The van der Waals surface area contributed by atoms with Crippen molar-refractivity contribution in [2.24, 2.45) is 0 Å². The minimum Gasteiger partial charge on any atom is -0.497 e. The van der Waals surface area contributed by atoms with Crippen molar-refractivity contribution >= 4 is 24.4 Å². The molecule has 1 aromatic rings. The van der Waals surface area contributed by atoms with Crippen LogP contribution in [0.1, 0.15) is 0 Å². The molecule has 0 fully saturated rings. The second-order valence-electron chi connectivity index (χ2n) is 2.29. The van der Waals surface area contributed by atoms with Gasteiger partial charge in [0.2, 0.25) is 0 Å². The third kappa shape index (κ3) is 2.74. The number of methoxy groups -OCH3 is 2. The van der Waals surface area contributed by atoms with E-state index >= 15 is 0 Å². The molecule has 0 aromatic heterocycles. The van der Waals surface area contributed by atoms with Gasteiger partial charge in [-0.2, -0.15) is 12.6 Å². The largest absolute Gasteiger partial charge is 0.497 e. The maximum absolute atomic E-state index is 5.19. The molecule has 1 aromatic carbocycles. The maximum atomic E-state index is 5.19. The zero-order valence-electron chi connectivity index (χ0n) is 7.61. The molecule has 0 aliphatic rings. The van der Waals surface area contributed by atoms with Crippen molar-refractivity contribution in [1.82, 2.24) is 0 Å². The molecule has 0 N–H and O–H groups in total. The summed E-state index contributed by atoms with van der Waals surface area (Å²) in [4.78, 5) is 1.05. The molecule has 0 saturated carbocycles. The van der Waals surface area contributed by atoms with Crippen LogP contribution in [0.4, 0.5) is 0 Å². The van der Waals surface area contributed by atoms with E-state index in [2.05, 4.69) is 12.6 Å². The van der Waals surface area contributed by atoms with E-state index in [0.29, 0.717) is 0 Å². The van der Waals surface area contributed by atoms with Gasteiger partial charge in [0.05, 0.1) is 19.1 Å². The molecule has 13 heavy (non-hydrogen) atoms. The van der Waals surface area contributed by atoms with Gasteiger partial charge in [-0.3, -0.25) is 0 Å². The van der Waals surface area contributed by atoms with Crippen molar-refractivity contribution in [1.29, 1.82) is 0 Å². The number of ether oxygens (including phenoxy) is 2. The van der Waals surface area contributed by atoms with Crippen molar-refractivity contribution in [3.63, 3.8) is 0 Å². The molecule has 0 atom stereocenters. The van der Waals surface area contributed by atoms with Gasteiger partial charge in [-0.15, -0.1) is 11.8 Å². The monoisotopic (exact) mass is 216 g/mol. The quantitative estimate of drug-likeness (QED) is 0.474. The average Bonchev–Trinajstić information content (AvgIpc) is 2.18. The van der Waals surface area contributed by atoms with E-state index in [4.69, 9.17) is 9.47 Å². The van der Waals surface area contributed by atoms with E-state index < -0.39 is 0 Å². The Morgan fingerprint density at radius 1 is 1.31 bits per heavy atom. The van der Waals surface area contributed by atoms with Crippen LogP contribution < -0.4 is 9.47 Å². The van der Waals surface area contributed by atoms with Crippen molar-refractivity contribution in [3.05, 3.63) is 18.2 Å². The molecule has 0 radical (unpaired) electrons. The molecule has 0 amide bonds. The van der Waals surface area contributed by atoms with E-state index in [-0.39, 0.29) is 0 Å². The van der Waals surface area contributed by atoms with Gasteiger partial charge in [0.25, 0.3) is 0 Å². The fraction of sp³-hybridized carbons (Fsp3) is 0.333. The van der Waals surface area contributed by atoms with Gasteiger partial charge in [-0.1, -0.05) is 0 Å². The third-order valence-electron chi connectivity index (χ3n) is 1.59. The summed E-state index contributed by atoms with van der Waals surface area (Å²) in [6.45, 7) is 0. The first-order chi connectivity index (χ1) is 6.31. The predicted octanol–water partition coefficient (Wildman–Crippen LogP) is 2.68. The highest BCUT2D eigenvalue weighted by Gasteiger charge is 2.03. The first-order valence-corrected chi connectivity index (χ1v) is 5.39. The summed E-state index contributed by atoms with van der Waals surface area (Å²) in [6.07, 6.45) is 0. The highest BCUT2D eigenvalue weighted by molar-refractivity contribution is 8.09. The lowest BCUT2D eigenvalue weighted by Gasteiger charge is -2.08. The number of hydrogen-bond acceptors (Lipinski definition) is 4. The van der Waals surface area contributed by atoms with E-state index in [1.807, 2.05) is 18.2 Å². The lowest BCUT2D eigenvalue weighted by Crippen LogP contribution is -1.88. The summed E-state index contributed by atoms with van der Waals surface area (Å²) in [6, 6.07) is 5.71. The van der Waals surface area contributed by atoms with Crippen LogP contribution in [-0.4, -0.2) is 19.3 Å². The highest BCUT2D eigenvalue weighted by Crippen LogP contribution is 2.32. The Bertz CT molecular complexity index is 276. The molecule has 0 aliphatic carbocycles. The Morgan fingerprint density at radius 3 is 2.62 bits per heavy atom. The van der Waals surface area contributed by atoms with E-state index in [1.165, 1.54) is 0 Å². The van der Waals surface area contributed by atoms with Crippen molar-refractivity contribution in [3.8, 4) is 11.5 Å². The van der Waals surface area contributed by atoms with E-state index in [9.17, 15) is 0 Å². The molecule has 0 saturated heterocycles. The summed E-state index contributed by atoms with van der Waals surface area (Å²) in [7, 11) is 3.31. The van der Waals surface area contributed by atoms with Crippen molar-refractivity contribution in [2.75, 3.05) is 19.3 Å². The van der Waals surface area contributed by atoms with Crippen LogP contribution in [0.15, 0.2) is 23.1 Å². The van der Waals surface area contributed by atoms with Crippen LogP contribution in [-0.2, 0) is 0 Å². The van der Waals surface area contributed by atoms with Crippen LogP contribution in [0.2, 0.25) is 0 Å². The lowest BCUT2D eigenvalue weighted by atomic mass is 10.3. The number of rotatable bonds is 4. The molecule has 0 bridgehead atoms. The standard InChI is InChI=1S/C9H12O2S2/c1-10-7-3-4-8(11-2)9(5-7)13-6-12/h3-5,12H,6H2,1-2H3. The SMILES string of the molecule is COc1ccc(OC)c(SCS)c1. The number of thioether (sulfide) groups is 1. The molecule has 2 nitrogen and oxygen atoms in total. The molecule has 4 heteroatoms. The number of benzene rings is 1. The number of thiol groups is 1. The Morgan fingerprint density at radius 2 is 2.08 bits per heavy atom. The Balaban J connectivity index is 2.95. The predicted molar refractivity (Wildman–Crippen MR) is 59.3 cm³/mol. The molecule has 0 aliphatic heterocycles. The molecule has 0 heterocycles. The van der Waals surface area contributed by atoms with Crippen LogP contribution in [0, 0.1) is 0 Å². The number of hydrogen-bond donors (Lipinski definition) is 1. The second-order valence-corrected chi connectivity index (χ2v) is 4.05. The van der Waals surface area contributed by atoms with Gasteiger partial charge in [-0.25, -0.2) is 0 Å². The second kappa shape index (κ2) is 5.29. The smallest absolute Gasteiger partial charge is 0.132 e. The summed E-state index contributed by atoms with van der Waals surface area (Å²) < 4.78 is 10.3.